The lowest BCUT2D eigenvalue weighted by molar-refractivity contribution is 0.102. The predicted octanol–water partition coefficient (Wildman–Crippen LogP) is -1.93. The molecule has 19 heavy (non-hydrogen) atoms. The van der Waals surface area contributed by atoms with Crippen molar-refractivity contribution in [1.29, 1.82) is 0 Å². The predicted molar refractivity (Wildman–Crippen MR) is 68.0 cm³/mol. The Hall–Kier alpha value is -0.280. The standard InChI is InChI=1S/C6H15NO3.C6H10O3/c8-4-1-7(2-5-9)3-6-10;1(5-3-8-5)7-2-6-4-9-6/h8-10H,1-6H2;5-6H,1-4H2. The van der Waals surface area contributed by atoms with Gasteiger partial charge in [-0.2, -0.15) is 0 Å². The topological polar surface area (TPSA) is 98.2 Å². The number of hydrogen-bond donors (Lipinski definition) is 3. The SMILES string of the molecule is C(OCC1CO1)C1CO1.OCCN(CCO)CCO. The zero-order chi connectivity index (χ0) is 13.9. The zero-order valence-electron chi connectivity index (χ0n) is 11.2. The molecule has 7 nitrogen and oxygen atoms in total. The van der Waals surface area contributed by atoms with Crippen LogP contribution in [0.5, 0.6) is 0 Å². The van der Waals surface area contributed by atoms with E-state index in [2.05, 4.69) is 0 Å². The highest BCUT2D eigenvalue weighted by atomic mass is 16.6. The molecule has 2 unspecified atom stereocenters. The summed E-state index contributed by atoms with van der Waals surface area (Å²) in [5, 5.41) is 25.5. The molecule has 0 aromatic rings. The molecule has 0 aliphatic carbocycles. The number of hydrogen-bond acceptors (Lipinski definition) is 7. The molecular formula is C12H25NO6. The van der Waals surface area contributed by atoms with Gasteiger partial charge in [0.15, 0.2) is 0 Å². The second-order valence-electron chi connectivity index (χ2n) is 4.46. The fraction of sp³-hybridized carbons (Fsp3) is 1.00. The molecule has 2 aliphatic rings. The summed E-state index contributed by atoms with van der Waals surface area (Å²) >= 11 is 0. The molecule has 0 saturated carbocycles. The lowest BCUT2D eigenvalue weighted by Gasteiger charge is -2.17. The van der Waals surface area contributed by atoms with Crippen LogP contribution in [0.4, 0.5) is 0 Å². The van der Waals surface area contributed by atoms with Crippen LogP contribution in [0, 0.1) is 0 Å². The van der Waals surface area contributed by atoms with Gasteiger partial charge in [0.1, 0.15) is 12.2 Å². The summed E-state index contributed by atoms with van der Waals surface area (Å²) in [6.45, 7) is 5.01. The van der Waals surface area contributed by atoms with Gasteiger partial charge in [0.2, 0.25) is 0 Å². The van der Waals surface area contributed by atoms with E-state index in [1.165, 1.54) is 0 Å². The molecule has 0 aromatic heterocycles. The molecule has 2 aliphatic heterocycles. The van der Waals surface area contributed by atoms with Crippen LogP contribution in [0.2, 0.25) is 0 Å². The van der Waals surface area contributed by atoms with Crippen molar-refractivity contribution >= 4 is 0 Å². The van der Waals surface area contributed by atoms with E-state index in [1.54, 1.807) is 4.90 Å². The van der Waals surface area contributed by atoms with Crippen LogP contribution in [0.1, 0.15) is 0 Å². The summed E-state index contributed by atoms with van der Waals surface area (Å²) in [4.78, 5) is 1.79. The Balaban J connectivity index is 0.000000190. The highest BCUT2D eigenvalue weighted by Gasteiger charge is 2.26. The molecule has 3 N–H and O–H groups in total. The van der Waals surface area contributed by atoms with Crippen LogP contribution in [-0.4, -0.2) is 98.3 Å². The minimum atomic E-state index is 0.0694. The smallest absolute Gasteiger partial charge is 0.104 e. The van der Waals surface area contributed by atoms with E-state index in [0.29, 0.717) is 31.8 Å². The molecule has 2 heterocycles. The summed E-state index contributed by atoms with van der Waals surface area (Å²) in [6, 6.07) is 0. The molecule has 2 atom stereocenters. The quantitative estimate of drug-likeness (QED) is 0.400. The number of ether oxygens (including phenoxy) is 3. The number of aliphatic hydroxyl groups is 3. The average molecular weight is 279 g/mol. The maximum Gasteiger partial charge on any atom is 0.104 e. The van der Waals surface area contributed by atoms with Crippen molar-refractivity contribution in [2.45, 2.75) is 12.2 Å². The van der Waals surface area contributed by atoms with Crippen LogP contribution in [-0.2, 0) is 14.2 Å². The van der Waals surface area contributed by atoms with Crippen molar-refractivity contribution in [3.8, 4) is 0 Å². The second kappa shape index (κ2) is 10.5. The Morgan fingerprint density at radius 1 is 0.842 bits per heavy atom. The van der Waals surface area contributed by atoms with Crippen LogP contribution >= 0.6 is 0 Å². The van der Waals surface area contributed by atoms with E-state index in [4.69, 9.17) is 29.5 Å². The van der Waals surface area contributed by atoms with E-state index < -0.39 is 0 Å². The Morgan fingerprint density at radius 2 is 1.21 bits per heavy atom. The Kier molecular flexibility index (Phi) is 9.27. The molecule has 0 radical (unpaired) electrons. The molecule has 0 aromatic carbocycles. The van der Waals surface area contributed by atoms with Gasteiger partial charge in [0.05, 0.1) is 46.2 Å². The zero-order valence-corrected chi connectivity index (χ0v) is 11.2. The Labute approximate surface area is 113 Å². The number of rotatable bonds is 10. The maximum atomic E-state index is 8.48. The van der Waals surface area contributed by atoms with Gasteiger partial charge in [-0.25, -0.2) is 0 Å². The fourth-order valence-corrected chi connectivity index (χ4v) is 1.42. The monoisotopic (exact) mass is 279 g/mol. The molecule has 2 saturated heterocycles. The molecule has 0 bridgehead atoms. The lowest BCUT2D eigenvalue weighted by atomic mass is 10.4. The van der Waals surface area contributed by atoms with Crippen LogP contribution in [0.3, 0.4) is 0 Å². The third kappa shape index (κ3) is 10.2. The van der Waals surface area contributed by atoms with Gasteiger partial charge in [-0.1, -0.05) is 0 Å². The number of aliphatic hydroxyl groups excluding tert-OH is 3. The van der Waals surface area contributed by atoms with Crippen LogP contribution < -0.4 is 0 Å². The van der Waals surface area contributed by atoms with Crippen molar-refractivity contribution in [3.63, 3.8) is 0 Å². The first-order chi connectivity index (χ1) is 9.30. The van der Waals surface area contributed by atoms with Gasteiger partial charge >= 0.3 is 0 Å². The van der Waals surface area contributed by atoms with Crippen LogP contribution in [0.25, 0.3) is 0 Å². The van der Waals surface area contributed by atoms with Crippen molar-refractivity contribution in [2.75, 3.05) is 65.9 Å². The average Bonchev–Trinajstić information content (AvgIpc) is 3.26. The molecule has 7 heteroatoms. The molecule has 0 amide bonds. The molecule has 2 fully saturated rings. The third-order valence-electron chi connectivity index (χ3n) is 2.66. The van der Waals surface area contributed by atoms with Crippen molar-refractivity contribution < 1.29 is 29.5 Å². The molecular weight excluding hydrogens is 254 g/mol. The summed E-state index contributed by atoms with van der Waals surface area (Å²) in [5.41, 5.74) is 0. The molecule has 114 valence electrons. The van der Waals surface area contributed by atoms with Crippen molar-refractivity contribution in [3.05, 3.63) is 0 Å². The highest BCUT2D eigenvalue weighted by molar-refractivity contribution is 4.71. The van der Waals surface area contributed by atoms with Gasteiger partial charge in [-0.15, -0.1) is 0 Å². The summed E-state index contributed by atoms with van der Waals surface area (Å²) in [5.74, 6) is 0. The summed E-state index contributed by atoms with van der Waals surface area (Å²) in [7, 11) is 0. The fourth-order valence-electron chi connectivity index (χ4n) is 1.42. The maximum absolute atomic E-state index is 8.48. The van der Waals surface area contributed by atoms with Gasteiger partial charge in [-0.3, -0.25) is 4.90 Å². The number of epoxide rings is 2. The summed E-state index contributed by atoms with van der Waals surface area (Å²) < 4.78 is 15.1. The van der Waals surface area contributed by atoms with Gasteiger partial charge in [0, 0.05) is 19.6 Å². The van der Waals surface area contributed by atoms with E-state index >= 15 is 0 Å². The van der Waals surface area contributed by atoms with Gasteiger partial charge < -0.3 is 29.5 Å². The molecule has 2 rings (SSSR count). The highest BCUT2D eigenvalue weighted by Crippen LogP contribution is 2.12. The first kappa shape index (κ1) is 16.8. The normalized spacial score (nSPS) is 24.0. The first-order valence-corrected chi connectivity index (χ1v) is 6.66. The van der Waals surface area contributed by atoms with E-state index in [1.807, 2.05) is 0 Å². The lowest BCUT2D eigenvalue weighted by Crippen LogP contribution is -2.32. The minimum absolute atomic E-state index is 0.0694. The van der Waals surface area contributed by atoms with Crippen LogP contribution in [0.15, 0.2) is 0 Å². The molecule has 0 spiro atoms. The Bertz CT molecular complexity index is 184. The van der Waals surface area contributed by atoms with Gasteiger partial charge in [-0.05, 0) is 0 Å². The Morgan fingerprint density at radius 3 is 1.47 bits per heavy atom. The second-order valence-corrected chi connectivity index (χ2v) is 4.46. The van der Waals surface area contributed by atoms with Crippen molar-refractivity contribution in [2.24, 2.45) is 0 Å². The largest absolute Gasteiger partial charge is 0.395 e. The van der Waals surface area contributed by atoms with Gasteiger partial charge in [0.25, 0.3) is 0 Å². The third-order valence-corrected chi connectivity index (χ3v) is 2.66. The summed E-state index contributed by atoms with van der Waals surface area (Å²) in [6.07, 6.45) is 0.785. The van der Waals surface area contributed by atoms with E-state index in [0.717, 1.165) is 26.4 Å². The minimum Gasteiger partial charge on any atom is -0.395 e. The van der Waals surface area contributed by atoms with Crippen molar-refractivity contribution in [1.82, 2.24) is 4.90 Å². The van der Waals surface area contributed by atoms with E-state index in [-0.39, 0.29) is 19.8 Å². The van der Waals surface area contributed by atoms with E-state index in [9.17, 15) is 0 Å². The number of nitrogens with zero attached hydrogens (tertiary/aromatic N) is 1. The first-order valence-electron chi connectivity index (χ1n) is 6.66.